The average Bonchev–Trinajstić information content (AvgIpc) is 3.42. The van der Waals surface area contributed by atoms with Crippen LogP contribution in [0, 0.1) is 5.92 Å². The van der Waals surface area contributed by atoms with E-state index in [-0.39, 0.29) is 23.3 Å². The highest BCUT2D eigenvalue weighted by Gasteiger charge is 2.43. The largest absolute Gasteiger partial charge is 0.417 e. The van der Waals surface area contributed by atoms with Gasteiger partial charge >= 0.3 is 6.18 Å². The lowest BCUT2D eigenvalue weighted by Gasteiger charge is -2.39. The molecule has 5 rings (SSSR count). The number of piperidine rings is 1. The molecule has 2 atom stereocenters. The first-order valence-electron chi connectivity index (χ1n) is 14.0. The Bertz CT molecular complexity index is 1250. The summed E-state index contributed by atoms with van der Waals surface area (Å²) in [6.45, 7) is 4.02. The molecule has 2 aromatic carbocycles. The van der Waals surface area contributed by atoms with Crippen LogP contribution in [0.2, 0.25) is 10.0 Å². The van der Waals surface area contributed by atoms with E-state index in [1.54, 1.807) is 19.2 Å². The number of likely N-dealkylation sites (N-methyl/N-ethyl adjacent to an activating group) is 1. The number of amides is 2. The molecule has 41 heavy (non-hydrogen) atoms. The average molecular weight is 613 g/mol. The summed E-state index contributed by atoms with van der Waals surface area (Å²) in [5.74, 6) is -0.802. The fraction of sp³-hybridized carbons (Fsp3) is 0.533. The lowest BCUT2D eigenvalue weighted by molar-refractivity contribution is -0.138. The third-order valence-corrected chi connectivity index (χ3v) is 9.40. The SMILES string of the molecule is CN(C(=O)c1ccc(Cl)c(C(F)(F)F)c1)[C@H]1CN(C(=O)C2CCN(C3CCOCC3)CC2)C[C@@H]1c1ccc(Cl)cc1. The van der Waals surface area contributed by atoms with E-state index in [9.17, 15) is 22.8 Å². The predicted molar refractivity (Wildman–Crippen MR) is 151 cm³/mol. The highest BCUT2D eigenvalue weighted by atomic mass is 35.5. The molecule has 0 unspecified atom stereocenters. The number of hydrogen-bond donors (Lipinski definition) is 0. The summed E-state index contributed by atoms with van der Waals surface area (Å²) in [5.41, 5.74) is -0.247. The fourth-order valence-corrected chi connectivity index (χ4v) is 6.80. The minimum atomic E-state index is -4.69. The molecule has 0 spiro atoms. The van der Waals surface area contributed by atoms with Crippen molar-refractivity contribution in [2.75, 3.05) is 46.4 Å². The highest BCUT2D eigenvalue weighted by molar-refractivity contribution is 6.31. The Morgan fingerprint density at radius 2 is 1.61 bits per heavy atom. The van der Waals surface area contributed by atoms with Crippen LogP contribution in [-0.2, 0) is 15.7 Å². The maximum atomic E-state index is 13.7. The molecule has 6 nitrogen and oxygen atoms in total. The van der Waals surface area contributed by atoms with E-state index in [0.29, 0.717) is 24.2 Å². The van der Waals surface area contributed by atoms with E-state index in [1.165, 1.54) is 11.0 Å². The van der Waals surface area contributed by atoms with Crippen LogP contribution >= 0.6 is 23.2 Å². The number of likely N-dealkylation sites (tertiary alicyclic amines) is 2. The molecular formula is C30H34Cl2F3N3O3. The van der Waals surface area contributed by atoms with Gasteiger partial charge in [0.25, 0.3) is 5.91 Å². The molecule has 3 heterocycles. The summed E-state index contributed by atoms with van der Waals surface area (Å²) in [7, 11) is 1.58. The van der Waals surface area contributed by atoms with Gasteiger partial charge in [0.2, 0.25) is 5.91 Å². The number of hydrogen-bond acceptors (Lipinski definition) is 4. The summed E-state index contributed by atoms with van der Waals surface area (Å²) >= 11 is 11.9. The van der Waals surface area contributed by atoms with E-state index in [4.69, 9.17) is 27.9 Å². The fourth-order valence-electron chi connectivity index (χ4n) is 6.45. The van der Waals surface area contributed by atoms with E-state index in [0.717, 1.165) is 69.7 Å². The molecule has 2 aromatic rings. The second-order valence-electron chi connectivity index (χ2n) is 11.2. The van der Waals surface area contributed by atoms with Gasteiger partial charge in [-0.15, -0.1) is 0 Å². The number of carbonyl (C=O) groups is 2. The molecule has 3 saturated heterocycles. The van der Waals surface area contributed by atoms with Gasteiger partial charge in [0.1, 0.15) is 0 Å². The summed E-state index contributed by atoms with van der Waals surface area (Å²) in [6.07, 6.45) is -1.08. The standard InChI is InChI=1S/C30H34Cl2F3N3O3/c1-36(28(39)21-4-7-26(32)25(16-21)30(33,34)35)27-18-38(17-24(27)19-2-5-22(31)6-3-19)29(40)20-8-12-37(13-9-20)23-10-14-41-15-11-23/h2-7,16,20,23-24,27H,8-15,17-18H2,1H3/t24-,27+/m1/s1. The molecule has 0 N–H and O–H groups in total. The zero-order valence-electron chi connectivity index (χ0n) is 22.9. The molecule has 0 aromatic heterocycles. The topological polar surface area (TPSA) is 53.1 Å². The number of alkyl halides is 3. The quantitative estimate of drug-likeness (QED) is 0.418. The normalized spacial score (nSPS) is 23.1. The lowest BCUT2D eigenvalue weighted by Crippen LogP contribution is -2.47. The Kier molecular flexibility index (Phi) is 9.19. The number of carbonyl (C=O) groups excluding carboxylic acids is 2. The van der Waals surface area contributed by atoms with Crippen molar-refractivity contribution in [3.05, 3.63) is 69.2 Å². The van der Waals surface area contributed by atoms with Gasteiger partial charge in [0.15, 0.2) is 0 Å². The molecule has 3 aliphatic rings. The lowest BCUT2D eigenvalue weighted by atomic mass is 9.92. The molecule has 3 aliphatic heterocycles. The third kappa shape index (κ3) is 6.69. The van der Waals surface area contributed by atoms with Crippen molar-refractivity contribution in [1.82, 2.24) is 14.7 Å². The third-order valence-electron chi connectivity index (χ3n) is 8.82. The van der Waals surface area contributed by atoms with Crippen molar-refractivity contribution in [3.63, 3.8) is 0 Å². The van der Waals surface area contributed by atoms with Crippen molar-refractivity contribution < 1.29 is 27.5 Å². The zero-order chi connectivity index (χ0) is 29.3. The molecule has 0 radical (unpaired) electrons. The van der Waals surface area contributed by atoms with E-state index >= 15 is 0 Å². The molecule has 11 heteroatoms. The molecule has 0 saturated carbocycles. The first-order chi connectivity index (χ1) is 19.5. The van der Waals surface area contributed by atoms with Crippen LogP contribution in [-0.4, -0.2) is 85.0 Å². The van der Waals surface area contributed by atoms with Crippen LogP contribution in [0.3, 0.4) is 0 Å². The van der Waals surface area contributed by atoms with Crippen molar-refractivity contribution in [2.45, 2.75) is 49.9 Å². The zero-order valence-corrected chi connectivity index (χ0v) is 24.4. The second-order valence-corrected chi connectivity index (χ2v) is 12.1. The monoisotopic (exact) mass is 611 g/mol. The van der Waals surface area contributed by atoms with E-state index in [1.807, 2.05) is 17.0 Å². The van der Waals surface area contributed by atoms with Crippen LogP contribution in [0.1, 0.15) is 53.1 Å². The Labute approximate surface area is 248 Å². The van der Waals surface area contributed by atoms with Gasteiger partial charge < -0.3 is 19.4 Å². The van der Waals surface area contributed by atoms with Crippen molar-refractivity contribution >= 4 is 35.0 Å². The number of benzene rings is 2. The molecule has 222 valence electrons. The molecule has 0 aliphatic carbocycles. The van der Waals surface area contributed by atoms with Gasteiger partial charge in [-0.3, -0.25) is 9.59 Å². The summed E-state index contributed by atoms with van der Waals surface area (Å²) < 4.78 is 45.9. The van der Waals surface area contributed by atoms with Crippen molar-refractivity contribution in [3.8, 4) is 0 Å². The minimum absolute atomic E-state index is 0.0739. The summed E-state index contributed by atoms with van der Waals surface area (Å²) in [4.78, 5) is 33.0. The Balaban J connectivity index is 1.33. The molecule has 3 fully saturated rings. The maximum absolute atomic E-state index is 13.7. The Hall–Kier alpha value is -2.33. The van der Waals surface area contributed by atoms with E-state index < -0.39 is 28.7 Å². The number of halogens is 5. The van der Waals surface area contributed by atoms with Crippen molar-refractivity contribution in [2.24, 2.45) is 5.92 Å². The van der Waals surface area contributed by atoms with Gasteiger partial charge in [-0.1, -0.05) is 35.3 Å². The Morgan fingerprint density at radius 1 is 0.951 bits per heavy atom. The Morgan fingerprint density at radius 3 is 2.24 bits per heavy atom. The smallest absolute Gasteiger partial charge is 0.381 e. The van der Waals surface area contributed by atoms with Crippen LogP contribution in [0.4, 0.5) is 13.2 Å². The van der Waals surface area contributed by atoms with Gasteiger partial charge in [0.05, 0.1) is 16.6 Å². The first kappa shape index (κ1) is 30.1. The van der Waals surface area contributed by atoms with Gasteiger partial charge in [0, 0.05) is 61.8 Å². The van der Waals surface area contributed by atoms with E-state index in [2.05, 4.69) is 4.90 Å². The number of nitrogens with zero attached hydrogens (tertiary/aromatic N) is 3. The van der Waals surface area contributed by atoms with Gasteiger partial charge in [-0.2, -0.15) is 13.2 Å². The number of rotatable bonds is 5. The second kappa shape index (κ2) is 12.5. The maximum Gasteiger partial charge on any atom is 0.417 e. The van der Waals surface area contributed by atoms with Crippen LogP contribution in [0.5, 0.6) is 0 Å². The molecule has 2 amide bonds. The summed E-state index contributed by atoms with van der Waals surface area (Å²) in [5, 5.41) is 0.106. The van der Waals surface area contributed by atoms with Crippen LogP contribution < -0.4 is 0 Å². The minimum Gasteiger partial charge on any atom is -0.381 e. The van der Waals surface area contributed by atoms with Gasteiger partial charge in [-0.25, -0.2) is 0 Å². The van der Waals surface area contributed by atoms with Crippen molar-refractivity contribution in [1.29, 1.82) is 0 Å². The number of ether oxygens (including phenoxy) is 1. The highest BCUT2D eigenvalue weighted by Crippen LogP contribution is 2.37. The molecule has 0 bridgehead atoms. The predicted octanol–water partition coefficient (Wildman–Crippen LogP) is 5.97. The molecular weight excluding hydrogens is 578 g/mol. The summed E-state index contributed by atoms with van der Waals surface area (Å²) in [6, 6.07) is 10.6. The van der Waals surface area contributed by atoms with Crippen LogP contribution in [0.25, 0.3) is 0 Å². The first-order valence-corrected chi connectivity index (χ1v) is 14.8. The van der Waals surface area contributed by atoms with Gasteiger partial charge in [-0.05, 0) is 74.7 Å². The van der Waals surface area contributed by atoms with Crippen LogP contribution in [0.15, 0.2) is 42.5 Å².